The van der Waals surface area contributed by atoms with Crippen molar-refractivity contribution in [2.75, 3.05) is 0 Å². The van der Waals surface area contributed by atoms with Gasteiger partial charge in [0.25, 0.3) is 0 Å². The molecule has 1 fully saturated rings. The van der Waals surface area contributed by atoms with Crippen molar-refractivity contribution >= 4 is 5.65 Å². The molecule has 3 rings (SSSR count). The maximum Gasteiger partial charge on any atom is 0.163 e. The van der Waals surface area contributed by atoms with Crippen molar-refractivity contribution in [3.05, 3.63) is 24.4 Å². The van der Waals surface area contributed by atoms with Crippen LogP contribution in [0.25, 0.3) is 5.65 Å². The van der Waals surface area contributed by atoms with Crippen molar-refractivity contribution in [3.8, 4) is 0 Å². The van der Waals surface area contributed by atoms with Gasteiger partial charge in [-0.1, -0.05) is 13.3 Å². The molecule has 0 unspecified atom stereocenters. The summed E-state index contributed by atoms with van der Waals surface area (Å²) in [6, 6.07) is 1.86. The molecule has 0 aliphatic heterocycles. The van der Waals surface area contributed by atoms with E-state index in [1.54, 1.807) is 12.5 Å². The number of aromatic nitrogens is 4. The largest absolute Gasteiger partial charge is 0.319 e. The van der Waals surface area contributed by atoms with Crippen molar-refractivity contribution in [3.63, 3.8) is 0 Å². The monoisotopic (exact) mass is 245 g/mol. The number of nitrogens with two attached hydrogens (primary N) is 1. The third-order valence-corrected chi connectivity index (χ3v) is 4.23. The lowest BCUT2D eigenvalue weighted by atomic mass is 9.76. The van der Waals surface area contributed by atoms with E-state index in [4.69, 9.17) is 5.73 Å². The molecule has 2 N–H and O–H groups in total. The van der Waals surface area contributed by atoms with Crippen LogP contribution in [0.2, 0.25) is 0 Å². The molecule has 1 aliphatic carbocycles. The molecule has 0 saturated heterocycles. The van der Waals surface area contributed by atoms with Gasteiger partial charge < -0.3 is 5.73 Å². The lowest BCUT2D eigenvalue weighted by Crippen LogP contribution is -2.42. The van der Waals surface area contributed by atoms with Gasteiger partial charge in [0.05, 0.1) is 5.54 Å². The Morgan fingerprint density at radius 1 is 1.39 bits per heavy atom. The minimum atomic E-state index is -0.339. The summed E-state index contributed by atoms with van der Waals surface area (Å²) < 4.78 is 1.92. The molecule has 5 heteroatoms. The number of hydrogen-bond acceptors (Lipinski definition) is 4. The highest BCUT2D eigenvalue weighted by Crippen LogP contribution is 2.37. The zero-order chi connectivity index (χ0) is 12.6. The molecule has 1 saturated carbocycles. The van der Waals surface area contributed by atoms with Crippen LogP contribution in [-0.4, -0.2) is 19.6 Å². The van der Waals surface area contributed by atoms with E-state index in [0.29, 0.717) is 0 Å². The van der Waals surface area contributed by atoms with E-state index >= 15 is 0 Å². The standard InChI is InChI=1S/C13H19N5/c1-2-10-3-6-13(14,7-4-10)12-17-16-11-5-8-15-9-18(11)12/h5,8-10H,2-4,6-7,14H2,1H3. The van der Waals surface area contributed by atoms with Crippen molar-refractivity contribution < 1.29 is 0 Å². The Balaban J connectivity index is 1.94. The number of nitrogens with zero attached hydrogens (tertiary/aromatic N) is 4. The first kappa shape index (κ1) is 11.6. The predicted octanol–water partition coefficient (Wildman–Crippen LogP) is 1.88. The Bertz CT molecular complexity index is 539. The average Bonchev–Trinajstić information content (AvgIpc) is 2.84. The second kappa shape index (κ2) is 4.31. The minimum absolute atomic E-state index is 0.339. The lowest BCUT2D eigenvalue weighted by Gasteiger charge is -2.35. The summed E-state index contributed by atoms with van der Waals surface area (Å²) in [7, 11) is 0. The van der Waals surface area contributed by atoms with Gasteiger partial charge in [0.1, 0.15) is 6.33 Å². The highest BCUT2D eigenvalue weighted by molar-refractivity contribution is 5.36. The van der Waals surface area contributed by atoms with Crippen molar-refractivity contribution in [1.82, 2.24) is 19.6 Å². The normalized spacial score (nSPS) is 28.7. The van der Waals surface area contributed by atoms with Gasteiger partial charge in [-0.2, -0.15) is 0 Å². The summed E-state index contributed by atoms with van der Waals surface area (Å²) in [5.41, 5.74) is 7.04. The Kier molecular flexibility index (Phi) is 2.78. The fourth-order valence-corrected chi connectivity index (χ4v) is 2.91. The minimum Gasteiger partial charge on any atom is -0.319 e. The van der Waals surface area contributed by atoms with Crippen LogP contribution in [0.1, 0.15) is 44.9 Å². The third kappa shape index (κ3) is 1.79. The summed E-state index contributed by atoms with van der Waals surface area (Å²) in [5.74, 6) is 1.68. The molecule has 0 bridgehead atoms. The smallest absolute Gasteiger partial charge is 0.163 e. The maximum absolute atomic E-state index is 6.56. The van der Waals surface area contributed by atoms with Crippen LogP contribution in [-0.2, 0) is 5.54 Å². The van der Waals surface area contributed by atoms with Gasteiger partial charge in [-0.3, -0.25) is 4.40 Å². The van der Waals surface area contributed by atoms with Gasteiger partial charge in [0, 0.05) is 12.3 Å². The van der Waals surface area contributed by atoms with E-state index in [9.17, 15) is 0 Å². The summed E-state index contributed by atoms with van der Waals surface area (Å²) in [6.45, 7) is 2.25. The molecule has 0 radical (unpaired) electrons. The Morgan fingerprint density at radius 3 is 2.89 bits per heavy atom. The van der Waals surface area contributed by atoms with Crippen molar-refractivity contribution in [2.24, 2.45) is 11.7 Å². The second-order valence-electron chi connectivity index (χ2n) is 5.34. The maximum atomic E-state index is 6.56. The quantitative estimate of drug-likeness (QED) is 0.877. The first-order chi connectivity index (χ1) is 8.73. The first-order valence-electron chi connectivity index (χ1n) is 6.67. The summed E-state index contributed by atoms with van der Waals surface area (Å²) in [5, 5.41) is 8.46. The molecule has 0 amide bonds. The Morgan fingerprint density at radius 2 is 2.17 bits per heavy atom. The Hall–Kier alpha value is -1.49. The van der Waals surface area contributed by atoms with Gasteiger partial charge in [-0.05, 0) is 31.6 Å². The zero-order valence-electron chi connectivity index (χ0n) is 10.7. The second-order valence-corrected chi connectivity index (χ2v) is 5.34. The summed E-state index contributed by atoms with van der Waals surface area (Å²) >= 11 is 0. The van der Waals surface area contributed by atoms with Gasteiger partial charge in [0.2, 0.25) is 0 Å². The Labute approximate surface area is 106 Å². The zero-order valence-corrected chi connectivity index (χ0v) is 10.7. The topological polar surface area (TPSA) is 69.1 Å². The fourth-order valence-electron chi connectivity index (χ4n) is 2.91. The van der Waals surface area contributed by atoms with Crippen LogP contribution >= 0.6 is 0 Å². The third-order valence-electron chi connectivity index (χ3n) is 4.23. The molecule has 2 aromatic heterocycles. The van der Waals surface area contributed by atoms with Gasteiger partial charge in [-0.15, -0.1) is 10.2 Å². The van der Waals surface area contributed by atoms with Crippen LogP contribution in [0.4, 0.5) is 0 Å². The lowest BCUT2D eigenvalue weighted by molar-refractivity contribution is 0.220. The molecule has 2 heterocycles. The average molecular weight is 245 g/mol. The molecule has 18 heavy (non-hydrogen) atoms. The molecule has 0 aromatic carbocycles. The van der Waals surface area contributed by atoms with Crippen LogP contribution in [0.5, 0.6) is 0 Å². The fraction of sp³-hybridized carbons (Fsp3) is 0.615. The van der Waals surface area contributed by atoms with Crippen LogP contribution < -0.4 is 5.73 Å². The predicted molar refractivity (Wildman–Crippen MR) is 68.9 cm³/mol. The number of rotatable bonds is 2. The SMILES string of the molecule is CCC1CCC(N)(c2nnc3ccncn23)CC1. The molecular weight excluding hydrogens is 226 g/mol. The van der Waals surface area contributed by atoms with E-state index < -0.39 is 0 Å². The highest BCUT2D eigenvalue weighted by Gasteiger charge is 2.36. The molecule has 1 aliphatic rings. The number of fused-ring (bicyclic) bond motifs is 1. The highest BCUT2D eigenvalue weighted by atomic mass is 15.3. The van der Waals surface area contributed by atoms with Crippen LogP contribution in [0.3, 0.4) is 0 Å². The molecular formula is C13H19N5. The van der Waals surface area contributed by atoms with E-state index in [-0.39, 0.29) is 5.54 Å². The first-order valence-corrected chi connectivity index (χ1v) is 6.67. The van der Waals surface area contributed by atoms with E-state index in [1.807, 2.05) is 10.5 Å². The van der Waals surface area contributed by atoms with Crippen LogP contribution in [0, 0.1) is 5.92 Å². The summed E-state index contributed by atoms with van der Waals surface area (Å²) in [6.07, 6.45) is 9.07. The molecule has 2 aromatic rings. The van der Waals surface area contributed by atoms with E-state index in [0.717, 1.165) is 30.2 Å². The molecule has 96 valence electrons. The van der Waals surface area contributed by atoms with Gasteiger partial charge >= 0.3 is 0 Å². The summed E-state index contributed by atoms with van der Waals surface area (Å²) in [4.78, 5) is 4.13. The number of hydrogen-bond donors (Lipinski definition) is 1. The van der Waals surface area contributed by atoms with Crippen molar-refractivity contribution in [1.29, 1.82) is 0 Å². The molecule has 0 spiro atoms. The molecule has 0 atom stereocenters. The van der Waals surface area contributed by atoms with E-state index in [2.05, 4.69) is 22.1 Å². The van der Waals surface area contributed by atoms with E-state index in [1.165, 1.54) is 19.3 Å². The van der Waals surface area contributed by atoms with Gasteiger partial charge in [0.15, 0.2) is 11.5 Å². The molecule has 5 nitrogen and oxygen atoms in total. The van der Waals surface area contributed by atoms with Gasteiger partial charge in [-0.25, -0.2) is 4.98 Å². The van der Waals surface area contributed by atoms with Crippen molar-refractivity contribution in [2.45, 2.75) is 44.6 Å². The van der Waals surface area contributed by atoms with Crippen LogP contribution in [0.15, 0.2) is 18.6 Å².